The first kappa shape index (κ1) is 32.4. The smallest absolute Gasteiger partial charge is 0.327 e. The van der Waals surface area contributed by atoms with Crippen LogP contribution in [0.15, 0.2) is 30.5 Å². The Kier molecular flexibility index (Phi) is 8.79. The maximum absolute atomic E-state index is 14.6. The molecule has 1 aromatic carbocycles. The normalized spacial score (nSPS) is 33.6. The van der Waals surface area contributed by atoms with Gasteiger partial charge in [0.15, 0.2) is 11.8 Å². The van der Waals surface area contributed by atoms with E-state index in [2.05, 4.69) is 10.6 Å². The van der Waals surface area contributed by atoms with E-state index in [0.29, 0.717) is 0 Å². The molecule has 5 N–H and O–H groups in total. The first-order valence-corrected chi connectivity index (χ1v) is 16.6. The summed E-state index contributed by atoms with van der Waals surface area (Å²) >= 11 is 0. The number of amides is 2. The van der Waals surface area contributed by atoms with Crippen molar-refractivity contribution in [3.63, 3.8) is 0 Å². The number of carbonyl (C=O) groups is 3. The van der Waals surface area contributed by atoms with E-state index in [0.717, 1.165) is 36.8 Å². The van der Waals surface area contributed by atoms with Gasteiger partial charge in [0.2, 0.25) is 11.8 Å². The highest BCUT2D eigenvalue weighted by Gasteiger charge is 2.78. The molecule has 8 unspecified atom stereocenters. The predicted octanol–water partition coefficient (Wildman–Crippen LogP) is -0.259. The van der Waals surface area contributed by atoms with E-state index in [9.17, 15) is 24.6 Å². The van der Waals surface area contributed by atoms with Crippen LogP contribution in [0.5, 0.6) is 0 Å². The lowest BCUT2D eigenvalue weighted by Crippen LogP contribution is -2.71. The van der Waals surface area contributed by atoms with Crippen molar-refractivity contribution < 1.29 is 53.5 Å². The van der Waals surface area contributed by atoms with E-state index in [1.165, 1.54) is 18.2 Å². The average molecular weight is 658 g/mol. The van der Waals surface area contributed by atoms with E-state index >= 15 is 0 Å². The van der Waals surface area contributed by atoms with Gasteiger partial charge in [0.1, 0.15) is 42.5 Å². The van der Waals surface area contributed by atoms with Crippen molar-refractivity contribution in [1.29, 1.82) is 0 Å². The molecule has 0 spiro atoms. The van der Waals surface area contributed by atoms with Crippen LogP contribution in [0, 0.1) is 17.3 Å². The highest BCUT2D eigenvalue weighted by atomic mass is 16.8. The molecule has 256 valence electrons. The van der Waals surface area contributed by atoms with E-state index in [4.69, 9.17) is 28.9 Å². The number of aliphatic hydroxyl groups excluding tert-OH is 3. The SMILES string of the molecule is CC(O)C(NC(=O)C12CC3OC(=O)C1N(Cc1ccc(C=COCCO)cc1)OC2C1OC(C2CC2)(C2CC2)OC31)C(=O)NCCO. The Labute approximate surface area is 272 Å². The molecule has 6 aliphatic rings. The Bertz CT molecular complexity index is 1370. The van der Waals surface area contributed by atoms with Gasteiger partial charge >= 0.3 is 5.97 Å². The second-order valence-corrected chi connectivity index (χ2v) is 13.5. The summed E-state index contributed by atoms with van der Waals surface area (Å²) in [5.41, 5.74) is 0.154. The maximum atomic E-state index is 14.6. The van der Waals surface area contributed by atoms with Crippen LogP contribution in [0.3, 0.4) is 0 Å². The molecule has 3 aliphatic heterocycles. The minimum atomic E-state index is -1.51. The summed E-state index contributed by atoms with van der Waals surface area (Å²) in [5, 5.41) is 35.3. The van der Waals surface area contributed by atoms with Crippen LogP contribution in [-0.4, -0.2) is 113 Å². The number of carbonyl (C=O) groups excluding carboxylic acids is 3. The Morgan fingerprint density at radius 2 is 1.79 bits per heavy atom. The maximum Gasteiger partial charge on any atom is 0.327 e. The Morgan fingerprint density at radius 1 is 1.09 bits per heavy atom. The van der Waals surface area contributed by atoms with Crippen LogP contribution in [0.25, 0.3) is 6.08 Å². The molecule has 47 heavy (non-hydrogen) atoms. The van der Waals surface area contributed by atoms with Gasteiger partial charge in [-0.3, -0.25) is 19.2 Å². The second-order valence-electron chi connectivity index (χ2n) is 13.5. The molecule has 14 heteroatoms. The minimum absolute atomic E-state index is 0.0524. The number of hydrogen-bond acceptors (Lipinski definition) is 12. The first-order valence-electron chi connectivity index (χ1n) is 16.6. The lowest BCUT2D eigenvalue weighted by atomic mass is 9.62. The number of esters is 1. The Hall–Kier alpha value is -3.11. The monoisotopic (exact) mass is 657 g/mol. The molecule has 3 aliphatic carbocycles. The van der Waals surface area contributed by atoms with Crippen LogP contribution in [0.4, 0.5) is 0 Å². The van der Waals surface area contributed by atoms with Crippen molar-refractivity contribution in [2.75, 3.05) is 26.4 Å². The van der Waals surface area contributed by atoms with Crippen LogP contribution >= 0.6 is 0 Å². The number of aliphatic hydroxyl groups is 3. The third kappa shape index (κ3) is 5.73. The molecule has 3 heterocycles. The van der Waals surface area contributed by atoms with Crippen molar-refractivity contribution in [3.8, 4) is 0 Å². The average Bonchev–Trinajstić information content (AvgIpc) is 4.00. The van der Waals surface area contributed by atoms with Gasteiger partial charge in [-0.25, -0.2) is 0 Å². The van der Waals surface area contributed by atoms with E-state index in [-0.39, 0.29) is 51.2 Å². The van der Waals surface area contributed by atoms with Crippen molar-refractivity contribution >= 4 is 23.9 Å². The Balaban J connectivity index is 1.20. The molecule has 2 bridgehead atoms. The van der Waals surface area contributed by atoms with Gasteiger partial charge in [-0.1, -0.05) is 24.3 Å². The first-order chi connectivity index (χ1) is 22.7. The molecule has 2 amide bonds. The number of rotatable bonds is 14. The van der Waals surface area contributed by atoms with Gasteiger partial charge < -0.3 is 44.9 Å². The fraction of sp³-hybridized carbons (Fsp3) is 0.667. The number of fused-ring (bicyclic) bond motifs is 4. The third-order valence-electron chi connectivity index (χ3n) is 10.3. The fourth-order valence-corrected chi connectivity index (χ4v) is 7.80. The minimum Gasteiger partial charge on any atom is -0.499 e. The van der Waals surface area contributed by atoms with Gasteiger partial charge in [-0.15, -0.1) is 0 Å². The summed E-state index contributed by atoms with van der Waals surface area (Å²) in [7, 11) is 0. The largest absolute Gasteiger partial charge is 0.499 e. The van der Waals surface area contributed by atoms with Gasteiger partial charge in [0.25, 0.3) is 0 Å². The summed E-state index contributed by atoms with van der Waals surface area (Å²) in [4.78, 5) is 48.0. The standard InChI is InChI=1S/C33H43N3O11/c1-18(39)24(29(40)34-11-12-37)35-31(42)32-16-23-25-26(46-33(45-25,21-6-7-21)22-8-9-22)28(32)47-36(27(32)30(41)44-23)17-20-4-2-19(3-5-20)10-14-43-15-13-38/h2-5,10,14,18,21-28,37-39H,6-9,11-13,15-17H2,1H3,(H,34,40)(H,35,42). The molecule has 0 radical (unpaired) electrons. The summed E-state index contributed by atoms with van der Waals surface area (Å²) < 4.78 is 24.8. The quantitative estimate of drug-likeness (QED) is 0.101. The zero-order valence-electron chi connectivity index (χ0n) is 26.3. The van der Waals surface area contributed by atoms with Crippen molar-refractivity contribution in [1.82, 2.24) is 15.7 Å². The van der Waals surface area contributed by atoms with Crippen LogP contribution in [0.1, 0.15) is 50.2 Å². The number of hydrogen-bond donors (Lipinski definition) is 5. The predicted molar refractivity (Wildman–Crippen MR) is 161 cm³/mol. The van der Waals surface area contributed by atoms with Crippen LogP contribution in [0.2, 0.25) is 0 Å². The van der Waals surface area contributed by atoms with Gasteiger partial charge in [-0.2, -0.15) is 5.06 Å². The molecule has 3 saturated heterocycles. The molecule has 14 nitrogen and oxygen atoms in total. The molecule has 8 atom stereocenters. The summed E-state index contributed by atoms with van der Waals surface area (Å²) in [6.07, 6.45) is 2.98. The summed E-state index contributed by atoms with van der Waals surface area (Å²) in [6.45, 7) is 1.28. The van der Waals surface area contributed by atoms with Gasteiger partial charge in [0, 0.05) is 24.8 Å². The Morgan fingerprint density at radius 3 is 2.43 bits per heavy atom. The molecule has 1 aromatic rings. The zero-order valence-corrected chi connectivity index (χ0v) is 26.3. The molecule has 6 fully saturated rings. The van der Waals surface area contributed by atoms with E-state index in [1.807, 2.05) is 24.3 Å². The van der Waals surface area contributed by atoms with Gasteiger partial charge in [-0.05, 0) is 49.8 Å². The molecule has 3 saturated carbocycles. The van der Waals surface area contributed by atoms with E-state index in [1.54, 1.807) is 6.08 Å². The molecule has 0 aromatic heterocycles. The van der Waals surface area contributed by atoms with Crippen LogP contribution in [-0.2, 0) is 44.7 Å². The summed E-state index contributed by atoms with van der Waals surface area (Å²) in [5.74, 6) is -2.26. The number of hydroxylamine groups is 2. The molecular formula is C33H43N3O11. The topological polar surface area (TPSA) is 185 Å². The third-order valence-corrected chi connectivity index (χ3v) is 10.3. The second kappa shape index (κ2) is 12.7. The zero-order chi connectivity index (χ0) is 32.9. The van der Waals surface area contributed by atoms with E-state index < -0.39 is 71.6 Å². The highest BCUT2D eigenvalue weighted by Crippen LogP contribution is 2.63. The van der Waals surface area contributed by atoms with Crippen molar-refractivity contribution in [2.24, 2.45) is 17.3 Å². The number of nitrogens with one attached hydrogen (secondary N) is 2. The lowest BCUT2D eigenvalue weighted by molar-refractivity contribution is -0.235. The van der Waals surface area contributed by atoms with Gasteiger partial charge in [0.05, 0.1) is 32.1 Å². The van der Waals surface area contributed by atoms with Crippen molar-refractivity contribution in [2.45, 2.75) is 94.0 Å². The lowest BCUT2D eigenvalue weighted by Gasteiger charge is -2.49. The summed E-state index contributed by atoms with van der Waals surface area (Å²) in [6, 6.07) is 4.99. The van der Waals surface area contributed by atoms with Crippen molar-refractivity contribution in [3.05, 3.63) is 41.7 Å². The molecular weight excluding hydrogens is 614 g/mol. The van der Waals surface area contributed by atoms with Crippen LogP contribution < -0.4 is 10.6 Å². The fourth-order valence-electron chi connectivity index (χ4n) is 7.80. The number of benzene rings is 1. The number of nitrogens with zero attached hydrogens (tertiary/aromatic N) is 1. The highest BCUT2D eigenvalue weighted by molar-refractivity contribution is 5.96. The number of ether oxygens (including phenoxy) is 4. The molecule has 7 rings (SSSR count).